The molecule has 0 aliphatic carbocycles. The third kappa shape index (κ3) is 2.62. The molecule has 70 valence electrons. The number of amides is 1. The van der Waals surface area contributed by atoms with E-state index in [0.29, 0.717) is 6.54 Å². The monoisotopic (exact) mass is 182 g/mol. The van der Waals surface area contributed by atoms with E-state index in [-0.39, 0.29) is 0 Å². The van der Waals surface area contributed by atoms with Crippen LogP contribution in [0.2, 0.25) is 0 Å². The highest BCUT2D eigenvalue weighted by molar-refractivity contribution is 6.32. The van der Waals surface area contributed by atoms with Gasteiger partial charge in [-0.1, -0.05) is 0 Å². The molecule has 0 saturated heterocycles. The van der Waals surface area contributed by atoms with E-state index in [2.05, 4.69) is 15.0 Å². The van der Waals surface area contributed by atoms with Gasteiger partial charge in [0.2, 0.25) is 0 Å². The van der Waals surface area contributed by atoms with Crippen molar-refractivity contribution in [2.75, 3.05) is 7.11 Å². The summed E-state index contributed by atoms with van der Waals surface area (Å²) >= 11 is 0. The first-order chi connectivity index (χ1) is 6.24. The van der Waals surface area contributed by atoms with E-state index in [9.17, 15) is 9.59 Å². The van der Waals surface area contributed by atoms with Crippen molar-refractivity contribution in [1.82, 2.24) is 10.3 Å². The van der Waals surface area contributed by atoms with Crippen molar-refractivity contribution in [3.05, 3.63) is 24.0 Å². The summed E-state index contributed by atoms with van der Waals surface area (Å²) in [4.78, 5) is 24.3. The SMILES string of the molecule is COC(=O)C(=O)NCc1cc[nH]c1. The van der Waals surface area contributed by atoms with Crippen LogP contribution in [0.15, 0.2) is 18.5 Å². The van der Waals surface area contributed by atoms with Gasteiger partial charge in [-0.3, -0.25) is 4.79 Å². The summed E-state index contributed by atoms with van der Waals surface area (Å²) in [6.07, 6.45) is 3.47. The van der Waals surface area contributed by atoms with Gasteiger partial charge < -0.3 is 15.0 Å². The zero-order valence-electron chi connectivity index (χ0n) is 7.16. The zero-order chi connectivity index (χ0) is 9.68. The van der Waals surface area contributed by atoms with Crippen LogP contribution in [0, 0.1) is 0 Å². The Bertz CT molecular complexity index is 292. The van der Waals surface area contributed by atoms with E-state index in [4.69, 9.17) is 0 Å². The largest absolute Gasteiger partial charge is 0.462 e. The van der Waals surface area contributed by atoms with Gasteiger partial charge in [-0.25, -0.2) is 4.79 Å². The number of aromatic amines is 1. The van der Waals surface area contributed by atoms with Gasteiger partial charge in [0, 0.05) is 18.9 Å². The fourth-order valence-electron chi connectivity index (χ4n) is 0.816. The summed E-state index contributed by atoms with van der Waals surface area (Å²) in [6.45, 7) is 0.317. The lowest BCUT2D eigenvalue weighted by molar-refractivity contribution is -0.152. The van der Waals surface area contributed by atoms with Crippen LogP contribution in [0.4, 0.5) is 0 Å². The van der Waals surface area contributed by atoms with E-state index < -0.39 is 11.9 Å². The van der Waals surface area contributed by atoms with Crippen LogP contribution in [-0.2, 0) is 20.9 Å². The summed E-state index contributed by atoms with van der Waals surface area (Å²) in [5.74, 6) is -1.61. The smallest absolute Gasteiger partial charge is 0.396 e. The lowest BCUT2D eigenvalue weighted by Gasteiger charge is -2.00. The van der Waals surface area contributed by atoms with Gasteiger partial charge in [-0.15, -0.1) is 0 Å². The number of hydrogen-bond donors (Lipinski definition) is 2. The van der Waals surface area contributed by atoms with E-state index in [1.54, 1.807) is 18.5 Å². The first-order valence-electron chi connectivity index (χ1n) is 3.72. The highest BCUT2D eigenvalue weighted by Crippen LogP contribution is 1.94. The Hall–Kier alpha value is -1.78. The van der Waals surface area contributed by atoms with Crippen LogP contribution >= 0.6 is 0 Å². The molecule has 1 aromatic rings. The van der Waals surface area contributed by atoms with Gasteiger partial charge in [0.05, 0.1) is 7.11 Å². The molecule has 1 amide bonds. The van der Waals surface area contributed by atoms with Gasteiger partial charge in [-0.2, -0.15) is 0 Å². The topological polar surface area (TPSA) is 71.2 Å². The van der Waals surface area contributed by atoms with Crippen molar-refractivity contribution in [1.29, 1.82) is 0 Å². The lowest BCUT2D eigenvalue weighted by atomic mass is 10.3. The lowest BCUT2D eigenvalue weighted by Crippen LogP contribution is -2.31. The minimum absolute atomic E-state index is 0.317. The minimum atomic E-state index is -0.879. The molecule has 0 radical (unpaired) electrons. The number of rotatable bonds is 2. The molecule has 2 N–H and O–H groups in total. The van der Waals surface area contributed by atoms with E-state index >= 15 is 0 Å². The molecule has 0 unspecified atom stereocenters. The van der Waals surface area contributed by atoms with Crippen LogP contribution in [-0.4, -0.2) is 24.0 Å². The van der Waals surface area contributed by atoms with Crippen molar-refractivity contribution < 1.29 is 14.3 Å². The van der Waals surface area contributed by atoms with Crippen molar-refractivity contribution in [3.8, 4) is 0 Å². The number of carbonyl (C=O) groups is 2. The van der Waals surface area contributed by atoms with Crippen LogP contribution < -0.4 is 5.32 Å². The second kappa shape index (κ2) is 4.30. The van der Waals surface area contributed by atoms with Crippen molar-refractivity contribution in [3.63, 3.8) is 0 Å². The minimum Gasteiger partial charge on any atom is -0.462 e. The average Bonchev–Trinajstić information content (AvgIpc) is 2.65. The summed E-state index contributed by atoms with van der Waals surface area (Å²) in [5, 5.41) is 2.40. The standard InChI is InChI=1S/C8H10N2O3/c1-13-8(12)7(11)10-5-6-2-3-9-4-6/h2-4,9H,5H2,1H3,(H,10,11). The Labute approximate surface area is 75.1 Å². The van der Waals surface area contributed by atoms with Crippen molar-refractivity contribution in [2.45, 2.75) is 6.54 Å². The molecule has 0 aliphatic heterocycles. The molecule has 0 atom stereocenters. The van der Waals surface area contributed by atoms with E-state index in [1.807, 2.05) is 0 Å². The number of carbonyl (C=O) groups excluding carboxylic acids is 2. The third-order valence-corrected chi connectivity index (χ3v) is 1.49. The Kier molecular flexibility index (Phi) is 3.08. The number of nitrogens with one attached hydrogen (secondary N) is 2. The number of ether oxygens (including phenoxy) is 1. The van der Waals surface area contributed by atoms with Crippen molar-refractivity contribution >= 4 is 11.9 Å². The van der Waals surface area contributed by atoms with Gasteiger partial charge in [0.25, 0.3) is 0 Å². The molecule has 5 heteroatoms. The summed E-state index contributed by atoms with van der Waals surface area (Å²) in [5.41, 5.74) is 0.900. The fourth-order valence-corrected chi connectivity index (χ4v) is 0.816. The number of aromatic nitrogens is 1. The number of H-pyrrole nitrogens is 1. The Morgan fingerprint density at radius 2 is 2.38 bits per heavy atom. The molecule has 0 aromatic carbocycles. The normalized spacial score (nSPS) is 9.31. The van der Waals surface area contributed by atoms with Crippen LogP contribution in [0.25, 0.3) is 0 Å². The molecule has 1 aromatic heterocycles. The maximum atomic E-state index is 10.9. The summed E-state index contributed by atoms with van der Waals surface area (Å²) in [7, 11) is 1.16. The molecule has 0 saturated carbocycles. The second-order valence-corrected chi connectivity index (χ2v) is 2.39. The van der Waals surface area contributed by atoms with Gasteiger partial charge in [-0.05, 0) is 11.6 Å². The van der Waals surface area contributed by atoms with Crippen LogP contribution in [0.1, 0.15) is 5.56 Å². The quantitative estimate of drug-likeness (QED) is 0.491. The van der Waals surface area contributed by atoms with Gasteiger partial charge in [0.1, 0.15) is 0 Å². The predicted molar refractivity (Wildman–Crippen MR) is 44.7 cm³/mol. The highest BCUT2D eigenvalue weighted by Gasteiger charge is 2.12. The van der Waals surface area contributed by atoms with Gasteiger partial charge >= 0.3 is 11.9 Å². The molecule has 0 fully saturated rings. The molecule has 0 spiro atoms. The Balaban J connectivity index is 2.35. The third-order valence-electron chi connectivity index (χ3n) is 1.49. The summed E-state index contributed by atoms with van der Waals surface area (Å²) < 4.78 is 4.22. The Morgan fingerprint density at radius 1 is 1.62 bits per heavy atom. The van der Waals surface area contributed by atoms with E-state index in [0.717, 1.165) is 12.7 Å². The average molecular weight is 182 g/mol. The molecular formula is C8H10N2O3. The van der Waals surface area contributed by atoms with Crippen LogP contribution in [0.5, 0.6) is 0 Å². The molecule has 0 aliphatic rings. The number of hydrogen-bond acceptors (Lipinski definition) is 3. The number of methoxy groups -OCH3 is 1. The molecule has 1 heterocycles. The molecule has 1 rings (SSSR count). The van der Waals surface area contributed by atoms with Gasteiger partial charge in [0.15, 0.2) is 0 Å². The van der Waals surface area contributed by atoms with E-state index in [1.165, 1.54) is 0 Å². The summed E-state index contributed by atoms with van der Waals surface area (Å²) in [6, 6.07) is 1.80. The first kappa shape index (κ1) is 9.31. The molecule has 5 nitrogen and oxygen atoms in total. The predicted octanol–water partition coefficient (Wildman–Crippen LogP) is -0.196. The zero-order valence-corrected chi connectivity index (χ0v) is 7.16. The van der Waals surface area contributed by atoms with Crippen molar-refractivity contribution in [2.24, 2.45) is 0 Å². The highest BCUT2D eigenvalue weighted by atomic mass is 16.5. The maximum absolute atomic E-state index is 10.9. The van der Waals surface area contributed by atoms with Crippen LogP contribution in [0.3, 0.4) is 0 Å². The first-order valence-corrected chi connectivity index (χ1v) is 3.72. The second-order valence-electron chi connectivity index (χ2n) is 2.39. The number of esters is 1. The maximum Gasteiger partial charge on any atom is 0.396 e. The molecule has 0 bridgehead atoms. The molecular weight excluding hydrogens is 172 g/mol. The Morgan fingerprint density at radius 3 is 2.92 bits per heavy atom. The fraction of sp³-hybridized carbons (Fsp3) is 0.250. The molecule has 13 heavy (non-hydrogen) atoms.